The Bertz CT molecular complexity index is 1390. The zero-order chi connectivity index (χ0) is 34.5. The maximum atomic E-state index is 12.6. The molecule has 0 aliphatic rings. The van der Waals surface area contributed by atoms with Crippen LogP contribution in [0.2, 0.25) is 0 Å². The highest BCUT2D eigenvalue weighted by molar-refractivity contribution is 7.91. The van der Waals surface area contributed by atoms with E-state index in [0.29, 0.717) is 0 Å². The third-order valence-electron chi connectivity index (χ3n) is 8.38. The molecule has 0 atom stereocenters. The van der Waals surface area contributed by atoms with Gasteiger partial charge in [0.05, 0.1) is 41.6 Å². The number of benzene rings is 3. The lowest BCUT2D eigenvalue weighted by Gasteiger charge is -2.30. The molecule has 0 spiro atoms. The van der Waals surface area contributed by atoms with E-state index in [1.807, 2.05) is 0 Å². The molecule has 2 N–H and O–H groups in total. The molecular formula is C39H56NO6S+. The first kappa shape index (κ1) is 39.7. The third-order valence-corrected chi connectivity index (χ3v) is 10.3. The van der Waals surface area contributed by atoms with Gasteiger partial charge in [-0.2, -0.15) is 0 Å². The van der Waals surface area contributed by atoms with Crippen molar-refractivity contribution in [3.05, 3.63) is 95.6 Å². The second kappa shape index (κ2) is 21.4. The van der Waals surface area contributed by atoms with Crippen LogP contribution >= 0.6 is 0 Å². The highest BCUT2D eigenvalue weighted by Crippen LogP contribution is 2.27. The molecule has 0 aliphatic heterocycles. The first-order chi connectivity index (χ1) is 22.5. The van der Waals surface area contributed by atoms with Crippen molar-refractivity contribution in [2.75, 3.05) is 20.6 Å². The van der Waals surface area contributed by atoms with Gasteiger partial charge in [0.1, 0.15) is 6.54 Å². The van der Waals surface area contributed by atoms with E-state index >= 15 is 0 Å². The lowest BCUT2D eigenvalue weighted by atomic mass is 10.0. The average molecular weight is 667 g/mol. The van der Waals surface area contributed by atoms with Gasteiger partial charge >= 0.3 is 11.9 Å². The molecule has 3 aromatic rings. The molecule has 47 heavy (non-hydrogen) atoms. The molecule has 8 heteroatoms. The van der Waals surface area contributed by atoms with Gasteiger partial charge in [0, 0.05) is 5.56 Å². The fraction of sp³-hybridized carbons (Fsp3) is 0.487. The molecule has 258 valence electrons. The maximum absolute atomic E-state index is 12.6. The Hall–Kier alpha value is -3.49. The molecule has 0 unspecified atom stereocenters. The normalized spacial score (nSPS) is 11.5. The highest BCUT2D eigenvalue weighted by atomic mass is 32.2. The van der Waals surface area contributed by atoms with Crippen molar-refractivity contribution in [3.8, 4) is 0 Å². The Balaban J connectivity index is 0.000000333. The molecule has 0 saturated heterocycles. The summed E-state index contributed by atoms with van der Waals surface area (Å²) in [4.78, 5) is 21.4. The van der Waals surface area contributed by atoms with E-state index in [4.69, 9.17) is 10.2 Å². The van der Waals surface area contributed by atoms with Gasteiger partial charge < -0.3 is 14.7 Å². The summed E-state index contributed by atoms with van der Waals surface area (Å²) in [6, 6.07) is 21.0. The molecule has 3 aromatic carbocycles. The average Bonchev–Trinajstić information content (AvgIpc) is 3.05. The summed E-state index contributed by atoms with van der Waals surface area (Å²) < 4.78 is 26.2. The lowest BCUT2D eigenvalue weighted by molar-refractivity contribution is -0.903. The van der Waals surface area contributed by atoms with Crippen molar-refractivity contribution in [1.82, 2.24) is 0 Å². The lowest BCUT2D eigenvalue weighted by Crippen LogP contribution is -2.39. The zero-order valence-electron chi connectivity index (χ0n) is 28.7. The van der Waals surface area contributed by atoms with Crippen LogP contribution in [0.5, 0.6) is 0 Å². The quantitative estimate of drug-likeness (QED) is 0.0866. The smallest absolute Gasteiger partial charge is 0.337 e. The van der Waals surface area contributed by atoms with Gasteiger partial charge in [-0.25, -0.2) is 18.0 Å². The Labute approximate surface area is 283 Å². The number of hydrogen-bond donors (Lipinski definition) is 2. The van der Waals surface area contributed by atoms with Crippen LogP contribution in [0.15, 0.2) is 88.7 Å². The largest absolute Gasteiger partial charge is 0.478 e. The summed E-state index contributed by atoms with van der Waals surface area (Å²) in [6.45, 7) is 4.75. The molecule has 0 aromatic heterocycles. The van der Waals surface area contributed by atoms with Crippen LogP contribution in [-0.2, 0) is 16.4 Å². The number of sulfone groups is 1. The molecular weight excluding hydrogens is 610 g/mol. The van der Waals surface area contributed by atoms with E-state index in [9.17, 15) is 18.0 Å². The molecule has 0 saturated carbocycles. The van der Waals surface area contributed by atoms with Crippen molar-refractivity contribution in [2.24, 2.45) is 0 Å². The van der Waals surface area contributed by atoms with Gasteiger partial charge in [0.2, 0.25) is 9.84 Å². The molecule has 0 aliphatic carbocycles. The second-order valence-corrected chi connectivity index (χ2v) is 14.9. The summed E-state index contributed by atoms with van der Waals surface area (Å²) in [5.74, 6) is -2.80. The van der Waals surface area contributed by atoms with Gasteiger partial charge in [-0.1, -0.05) is 139 Å². The summed E-state index contributed by atoms with van der Waals surface area (Å²) >= 11 is 0. The van der Waals surface area contributed by atoms with E-state index in [1.165, 1.54) is 126 Å². The SMILES string of the molecule is CCCCCCCCCCCCCCCC[N+](C)(C)Cc1ccccc1.O=C(O)c1ccccc1S(=O)(=O)c1ccccc1C(=O)O. The number of hydrogen-bond acceptors (Lipinski definition) is 4. The Morgan fingerprint density at radius 3 is 1.32 bits per heavy atom. The standard InChI is InChI=1S/C25H46N.C14H10O6S/c1-4-5-6-7-8-9-10-11-12-13-14-15-16-20-23-26(2,3)24-25-21-18-17-19-22-25;15-13(16)9-5-1-3-7-11(9)21(19,20)12-8-4-2-6-10(12)14(17)18/h17-19,21-22H,4-16,20,23-24H2,1-3H3;1-8H,(H,15,16)(H,17,18)/q+1;. The van der Waals surface area contributed by atoms with Gasteiger partial charge in [-0.15, -0.1) is 0 Å². The fourth-order valence-electron chi connectivity index (χ4n) is 5.76. The first-order valence-corrected chi connectivity index (χ1v) is 18.7. The number of carbonyl (C=O) groups is 2. The molecule has 3 rings (SSSR count). The molecule has 0 bridgehead atoms. The monoisotopic (exact) mass is 666 g/mol. The number of carboxylic acid groups (broad SMARTS) is 2. The number of unbranched alkanes of at least 4 members (excludes halogenated alkanes) is 13. The van der Waals surface area contributed by atoms with Crippen molar-refractivity contribution < 1.29 is 32.7 Å². The van der Waals surface area contributed by atoms with Crippen molar-refractivity contribution in [3.63, 3.8) is 0 Å². The predicted molar refractivity (Wildman–Crippen MR) is 190 cm³/mol. The zero-order valence-corrected chi connectivity index (χ0v) is 29.5. The minimum absolute atomic E-state index is 0.405. The minimum Gasteiger partial charge on any atom is -0.478 e. The van der Waals surface area contributed by atoms with E-state index in [1.54, 1.807) is 0 Å². The topological polar surface area (TPSA) is 109 Å². The van der Waals surface area contributed by atoms with Gasteiger partial charge in [-0.3, -0.25) is 0 Å². The Morgan fingerprint density at radius 2 is 0.915 bits per heavy atom. The Morgan fingerprint density at radius 1 is 0.553 bits per heavy atom. The Kier molecular flexibility index (Phi) is 18.1. The van der Waals surface area contributed by atoms with Crippen molar-refractivity contribution in [1.29, 1.82) is 0 Å². The highest BCUT2D eigenvalue weighted by Gasteiger charge is 2.28. The van der Waals surface area contributed by atoms with E-state index in [2.05, 4.69) is 51.4 Å². The minimum atomic E-state index is -4.25. The van der Waals surface area contributed by atoms with Crippen molar-refractivity contribution in [2.45, 2.75) is 113 Å². The van der Waals surface area contributed by atoms with Crippen LogP contribution < -0.4 is 0 Å². The molecule has 0 heterocycles. The van der Waals surface area contributed by atoms with Crippen molar-refractivity contribution >= 4 is 21.8 Å². The van der Waals surface area contributed by atoms with Crippen LogP contribution in [-0.4, -0.2) is 55.7 Å². The van der Waals surface area contributed by atoms with Crippen LogP contribution in [0, 0.1) is 0 Å². The van der Waals surface area contributed by atoms with Gasteiger partial charge in [0.15, 0.2) is 0 Å². The molecule has 0 radical (unpaired) electrons. The molecule has 0 fully saturated rings. The van der Waals surface area contributed by atoms with Crippen LogP contribution in [0.25, 0.3) is 0 Å². The van der Waals surface area contributed by atoms with E-state index in [0.717, 1.165) is 35.3 Å². The number of carboxylic acids is 2. The first-order valence-electron chi connectivity index (χ1n) is 17.2. The van der Waals surface area contributed by atoms with Gasteiger partial charge in [-0.05, 0) is 37.1 Å². The van der Waals surface area contributed by atoms with Gasteiger partial charge in [0.25, 0.3) is 0 Å². The third kappa shape index (κ3) is 14.9. The fourth-order valence-corrected chi connectivity index (χ4v) is 7.41. The summed E-state index contributed by atoms with van der Waals surface area (Å²) in [7, 11) is 0.489. The second-order valence-electron chi connectivity index (χ2n) is 13.0. The summed E-state index contributed by atoms with van der Waals surface area (Å²) in [5, 5.41) is 18.1. The number of quaternary nitrogens is 1. The van der Waals surface area contributed by atoms with Crippen LogP contribution in [0.1, 0.15) is 123 Å². The number of aromatic carboxylic acids is 2. The number of rotatable bonds is 21. The molecule has 7 nitrogen and oxygen atoms in total. The van der Waals surface area contributed by atoms with Crippen LogP contribution in [0.3, 0.4) is 0 Å². The van der Waals surface area contributed by atoms with Crippen LogP contribution in [0.4, 0.5) is 0 Å². The predicted octanol–water partition coefficient (Wildman–Crippen LogP) is 9.66. The maximum Gasteiger partial charge on any atom is 0.337 e. The number of nitrogens with zero attached hydrogens (tertiary/aromatic N) is 1. The molecule has 0 amide bonds. The van der Waals surface area contributed by atoms with E-state index in [-0.39, 0.29) is 0 Å². The summed E-state index contributed by atoms with van der Waals surface area (Å²) in [5.41, 5.74) is 0.651. The van der Waals surface area contributed by atoms with E-state index < -0.39 is 42.7 Å². The summed E-state index contributed by atoms with van der Waals surface area (Å²) in [6.07, 6.45) is 20.2.